The van der Waals surface area contributed by atoms with E-state index in [0.717, 1.165) is 37.1 Å². The van der Waals surface area contributed by atoms with Crippen LogP contribution >= 0.6 is 0 Å². The van der Waals surface area contributed by atoms with Crippen molar-refractivity contribution in [3.8, 4) is 11.4 Å². The predicted molar refractivity (Wildman–Crippen MR) is 220 cm³/mol. The van der Waals surface area contributed by atoms with Crippen molar-refractivity contribution in [2.45, 2.75) is 145 Å². The summed E-state index contributed by atoms with van der Waals surface area (Å²) in [6.45, 7) is 27.8. The third-order valence-corrected chi connectivity index (χ3v) is 17.3. The lowest BCUT2D eigenvalue weighted by molar-refractivity contribution is -0.229. The zero-order valence-electron chi connectivity index (χ0n) is 36.1. The molecule has 4 fully saturated rings. The predicted octanol–water partition coefficient (Wildman–Crippen LogP) is 10.9. The zero-order chi connectivity index (χ0) is 40.3. The Morgan fingerprint density at radius 3 is 2.25 bits per heavy atom. The summed E-state index contributed by atoms with van der Waals surface area (Å²) in [5.74, 6) is 3.12. The van der Waals surface area contributed by atoms with Gasteiger partial charge in [-0.25, -0.2) is 4.68 Å². The molecule has 7 nitrogen and oxygen atoms in total. The molecule has 7 rings (SSSR count). The summed E-state index contributed by atoms with van der Waals surface area (Å²) < 4.78 is 16.1. The molecule has 0 amide bonds. The lowest BCUT2D eigenvalue weighted by atomic mass is 9.33. The summed E-state index contributed by atoms with van der Waals surface area (Å²) in [6.07, 6.45) is 10.6. The first-order valence-electron chi connectivity index (χ1n) is 21.4. The second-order valence-corrected chi connectivity index (χ2v) is 21.1. The minimum Gasteiger partial charge on any atom is -0.497 e. The van der Waals surface area contributed by atoms with Crippen LogP contribution in [-0.4, -0.2) is 33.7 Å². The Kier molecular flexibility index (Phi) is 9.57. The molecule has 0 spiro atoms. The van der Waals surface area contributed by atoms with Gasteiger partial charge in [0.15, 0.2) is 0 Å². The number of benzene rings is 1. The Hall–Kier alpha value is -3.22. The molecular formula is C48H70N2O5. The summed E-state index contributed by atoms with van der Waals surface area (Å²) in [6, 6.07) is 9.83. The first-order valence-corrected chi connectivity index (χ1v) is 21.4. The minimum atomic E-state index is -0.903. The maximum absolute atomic E-state index is 14.0. The van der Waals surface area contributed by atoms with E-state index in [2.05, 4.69) is 73.7 Å². The third kappa shape index (κ3) is 5.69. The van der Waals surface area contributed by atoms with Crippen LogP contribution in [0.25, 0.3) is 5.69 Å². The van der Waals surface area contributed by atoms with E-state index < -0.39 is 11.4 Å². The van der Waals surface area contributed by atoms with Crippen LogP contribution in [0.1, 0.15) is 139 Å². The number of ether oxygens (including phenoxy) is 2. The van der Waals surface area contributed by atoms with Crippen LogP contribution in [0.3, 0.4) is 0 Å². The second-order valence-electron chi connectivity index (χ2n) is 21.1. The monoisotopic (exact) mass is 755 g/mol. The number of hydrogen-bond donors (Lipinski definition) is 1. The molecule has 0 saturated heterocycles. The molecule has 9 atom stereocenters. The van der Waals surface area contributed by atoms with Gasteiger partial charge in [-0.15, -0.1) is 0 Å². The Morgan fingerprint density at radius 2 is 1.64 bits per heavy atom. The number of nitrogens with zero attached hydrogens (tertiary/aromatic N) is 2. The fraction of sp³-hybridized carbons (Fsp3) is 0.708. The van der Waals surface area contributed by atoms with E-state index in [1.165, 1.54) is 37.8 Å². The molecule has 1 aromatic carbocycles. The second kappa shape index (κ2) is 13.2. The highest BCUT2D eigenvalue weighted by Gasteiger charge is 2.70. The molecule has 0 bridgehead atoms. The van der Waals surface area contributed by atoms with Crippen LogP contribution in [0.4, 0.5) is 0 Å². The van der Waals surface area contributed by atoms with Gasteiger partial charge in [-0.3, -0.25) is 14.3 Å². The van der Waals surface area contributed by atoms with Crippen LogP contribution in [0.5, 0.6) is 5.75 Å². The quantitative estimate of drug-likeness (QED) is 0.204. The average molecular weight is 755 g/mol. The number of carboxylic acid groups (broad SMARTS) is 1. The van der Waals surface area contributed by atoms with Gasteiger partial charge in [0.25, 0.3) is 5.56 Å². The molecule has 1 heterocycles. The van der Waals surface area contributed by atoms with E-state index >= 15 is 0 Å². The van der Waals surface area contributed by atoms with Gasteiger partial charge in [-0.05, 0) is 142 Å². The van der Waals surface area contributed by atoms with Crippen molar-refractivity contribution in [1.29, 1.82) is 0 Å². The highest BCUT2D eigenvalue weighted by molar-refractivity contribution is 5.73. The van der Waals surface area contributed by atoms with Crippen molar-refractivity contribution in [3.05, 3.63) is 69.9 Å². The smallest absolute Gasteiger partial charge is 0.309 e. The van der Waals surface area contributed by atoms with Crippen molar-refractivity contribution in [1.82, 2.24) is 9.36 Å². The van der Waals surface area contributed by atoms with Crippen molar-refractivity contribution < 1.29 is 19.4 Å². The van der Waals surface area contributed by atoms with E-state index in [0.29, 0.717) is 41.8 Å². The maximum atomic E-state index is 14.0. The topological polar surface area (TPSA) is 82.7 Å². The number of aliphatic carboxylic acids is 1. The summed E-state index contributed by atoms with van der Waals surface area (Å²) in [5, 5.41) is 9.77. The first-order chi connectivity index (χ1) is 25.6. The lowest BCUT2D eigenvalue weighted by Gasteiger charge is -2.72. The Balaban J connectivity index is 1.23. The summed E-state index contributed by atoms with van der Waals surface area (Å²) in [7, 11) is 3.77. The van der Waals surface area contributed by atoms with Crippen molar-refractivity contribution in [2.75, 3.05) is 7.11 Å². The third-order valence-electron chi connectivity index (χ3n) is 17.3. The van der Waals surface area contributed by atoms with E-state index in [1.54, 1.807) is 32.1 Å². The van der Waals surface area contributed by atoms with Gasteiger partial charge >= 0.3 is 5.97 Å². The van der Waals surface area contributed by atoms with Crippen molar-refractivity contribution >= 4 is 5.97 Å². The number of rotatable bonds is 9. The van der Waals surface area contributed by atoms with E-state index in [4.69, 9.17) is 9.47 Å². The van der Waals surface area contributed by atoms with Gasteiger partial charge in [0.05, 0.1) is 29.7 Å². The number of allylic oxidation sites excluding steroid dienone is 3. The molecule has 5 aliphatic rings. The molecule has 0 radical (unpaired) electrons. The van der Waals surface area contributed by atoms with Crippen LogP contribution in [0, 0.1) is 56.7 Å². The average Bonchev–Trinajstić information content (AvgIpc) is 3.58. The SMILES string of the molecule is C=C(CC(C)(C)C(=O)O)O[C@H]1CC[C@@]2(C)[C@@H](CCC3(C)[C@@H]2CCC2C4=C(C(C)C)[C@@H](C)C[C@]4(c4cc(=O)n(-c5ccc(OC)cc5)n4C)CC[C@]23C)C1(C)C. The first kappa shape index (κ1) is 40.0. The molecule has 2 unspecified atom stereocenters. The normalized spacial score (nSPS) is 36.8. The maximum Gasteiger partial charge on any atom is 0.309 e. The van der Waals surface area contributed by atoms with Crippen LogP contribution < -0.4 is 10.3 Å². The highest BCUT2D eigenvalue weighted by Crippen LogP contribution is 2.77. The highest BCUT2D eigenvalue weighted by atomic mass is 16.5. The number of aromatic nitrogens is 2. The van der Waals surface area contributed by atoms with Crippen molar-refractivity contribution in [3.63, 3.8) is 0 Å². The van der Waals surface area contributed by atoms with E-state index in [-0.39, 0.29) is 38.7 Å². The number of carboxylic acids is 1. The van der Waals surface area contributed by atoms with E-state index in [9.17, 15) is 14.7 Å². The Bertz CT molecular complexity index is 1950. The zero-order valence-corrected chi connectivity index (χ0v) is 36.1. The molecule has 1 N–H and O–H groups in total. The molecule has 302 valence electrons. The standard InChI is InChI=1S/C48H70N2O5/c1-29(2)40-30(3)27-48(37-26-39(51)50(49(37)12)32-14-16-33(54-13)17-15-32)25-24-46(10)34(41(40)48)18-19-36-45(9)22-21-38(55-31(4)28-43(5,6)42(52)53)44(7,8)35(45)20-23-47(36,46)11/h14-17,26,29-30,34-36,38H,4,18-25,27-28H2,1-3,5-13H3,(H,52,53)/t30-,34?,35-,36+,38-,45-,46+,47?,48-/m0/s1. The number of methoxy groups -OCH3 is 1. The van der Waals surface area contributed by atoms with Crippen LogP contribution in [0.15, 0.2) is 58.6 Å². The molecule has 0 aliphatic heterocycles. The molecule has 2 aromatic rings. The summed E-state index contributed by atoms with van der Waals surface area (Å²) in [5.41, 5.74) is 4.87. The van der Waals surface area contributed by atoms with Gasteiger partial charge in [-0.2, -0.15) is 0 Å². The molecule has 7 heteroatoms. The van der Waals surface area contributed by atoms with Crippen LogP contribution in [-0.2, 0) is 22.0 Å². The number of hydrogen-bond acceptors (Lipinski definition) is 4. The largest absolute Gasteiger partial charge is 0.497 e. The van der Waals surface area contributed by atoms with E-state index in [1.807, 2.05) is 35.0 Å². The van der Waals surface area contributed by atoms with Gasteiger partial charge in [0.2, 0.25) is 0 Å². The van der Waals surface area contributed by atoms with Gasteiger partial charge in [0, 0.05) is 30.4 Å². The fourth-order valence-electron chi connectivity index (χ4n) is 14.6. The van der Waals surface area contributed by atoms with Gasteiger partial charge in [-0.1, -0.05) is 73.1 Å². The van der Waals surface area contributed by atoms with Crippen LogP contribution in [0.2, 0.25) is 0 Å². The molecule has 4 saturated carbocycles. The summed E-state index contributed by atoms with van der Waals surface area (Å²) >= 11 is 0. The van der Waals surface area contributed by atoms with Gasteiger partial charge < -0.3 is 14.6 Å². The summed E-state index contributed by atoms with van der Waals surface area (Å²) in [4.78, 5) is 25.9. The molecule has 55 heavy (non-hydrogen) atoms. The van der Waals surface area contributed by atoms with Gasteiger partial charge in [0.1, 0.15) is 11.9 Å². The molecule has 5 aliphatic carbocycles. The lowest BCUT2D eigenvalue weighted by Crippen LogP contribution is -2.66. The Morgan fingerprint density at radius 1 is 0.964 bits per heavy atom. The molecule has 1 aromatic heterocycles. The number of carbonyl (C=O) groups is 1. The van der Waals surface area contributed by atoms with Crippen molar-refractivity contribution in [2.24, 2.45) is 63.7 Å². The minimum absolute atomic E-state index is 0.0323. The fourth-order valence-corrected chi connectivity index (χ4v) is 14.6. The number of fused-ring (bicyclic) bond motifs is 7. The molecular weight excluding hydrogens is 685 g/mol. The Labute approximate surface area is 330 Å².